The van der Waals surface area contributed by atoms with E-state index in [1.807, 2.05) is 11.9 Å². The molecule has 24 heavy (non-hydrogen) atoms. The highest BCUT2D eigenvalue weighted by Crippen LogP contribution is 2.13. The molecule has 0 spiro atoms. The minimum Gasteiger partial charge on any atom is -0.480 e. The van der Waals surface area contributed by atoms with Gasteiger partial charge in [-0.05, 0) is 26.9 Å². The molecule has 0 aliphatic rings. The molecular formula is C20H43NO3. The first-order chi connectivity index (χ1) is 11.1. The molecule has 0 aliphatic carbocycles. The molecule has 0 aromatic carbocycles. The molecule has 146 valence electrons. The first-order valence-electron chi connectivity index (χ1n) is 10.0. The fourth-order valence-corrected chi connectivity index (χ4v) is 2.94. The Morgan fingerprint density at radius 1 is 0.792 bits per heavy atom. The summed E-state index contributed by atoms with van der Waals surface area (Å²) in [7, 11) is 1.90. The maximum atomic E-state index is 10.8. The topological polar surface area (TPSA) is 72.0 Å². The average molecular weight is 346 g/mol. The summed E-state index contributed by atoms with van der Waals surface area (Å²) < 4.78 is 0. The van der Waals surface area contributed by atoms with E-state index in [2.05, 4.69) is 6.92 Å². The van der Waals surface area contributed by atoms with Crippen molar-refractivity contribution >= 4 is 5.97 Å². The van der Waals surface area contributed by atoms with Gasteiger partial charge in [0, 0.05) is 0 Å². The van der Waals surface area contributed by atoms with Gasteiger partial charge in [0.1, 0.15) is 6.04 Å². The SMILES string of the molecule is CCCCCCCCCCCCCCCCN(C)C(C)C(=O)O.O. The van der Waals surface area contributed by atoms with Gasteiger partial charge in [0.15, 0.2) is 0 Å². The normalized spacial score (nSPS) is 12.2. The Morgan fingerprint density at radius 3 is 1.46 bits per heavy atom. The molecule has 0 saturated heterocycles. The van der Waals surface area contributed by atoms with E-state index in [1.165, 1.54) is 83.5 Å². The molecule has 0 bridgehead atoms. The van der Waals surface area contributed by atoms with Crippen LogP contribution in [-0.2, 0) is 4.79 Å². The lowest BCUT2D eigenvalue weighted by Gasteiger charge is -2.20. The van der Waals surface area contributed by atoms with E-state index in [4.69, 9.17) is 5.11 Å². The van der Waals surface area contributed by atoms with E-state index in [-0.39, 0.29) is 11.5 Å². The van der Waals surface area contributed by atoms with E-state index in [0.717, 1.165) is 13.0 Å². The van der Waals surface area contributed by atoms with Crippen LogP contribution in [0.1, 0.15) is 104 Å². The van der Waals surface area contributed by atoms with E-state index in [9.17, 15) is 4.79 Å². The third-order valence-electron chi connectivity index (χ3n) is 4.88. The summed E-state index contributed by atoms with van der Waals surface area (Å²) in [5, 5.41) is 8.93. The summed E-state index contributed by atoms with van der Waals surface area (Å²) in [5.74, 6) is -0.724. The van der Waals surface area contributed by atoms with Crippen LogP contribution in [0.5, 0.6) is 0 Å². The molecule has 0 heterocycles. The molecule has 0 saturated carbocycles. The number of aliphatic carboxylic acids is 1. The Morgan fingerprint density at radius 2 is 1.12 bits per heavy atom. The molecule has 0 aromatic heterocycles. The largest absolute Gasteiger partial charge is 0.480 e. The number of unbranched alkanes of at least 4 members (excludes halogenated alkanes) is 13. The van der Waals surface area contributed by atoms with Crippen molar-refractivity contribution in [1.29, 1.82) is 0 Å². The molecule has 4 nitrogen and oxygen atoms in total. The lowest BCUT2D eigenvalue weighted by atomic mass is 10.0. The first-order valence-corrected chi connectivity index (χ1v) is 10.0. The van der Waals surface area contributed by atoms with Gasteiger partial charge in [0.25, 0.3) is 0 Å². The quantitative estimate of drug-likeness (QED) is 0.375. The smallest absolute Gasteiger partial charge is 0.320 e. The monoisotopic (exact) mass is 345 g/mol. The fraction of sp³-hybridized carbons (Fsp3) is 0.950. The molecule has 0 aromatic rings. The van der Waals surface area contributed by atoms with E-state index in [0.29, 0.717) is 0 Å². The highest BCUT2D eigenvalue weighted by Gasteiger charge is 2.15. The minimum atomic E-state index is -0.724. The van der Waals surface area contributed by atoms with Gasteiger partial charge in [0.05, 0.1) is 0 Å². The fourth-order valence-electron chi connectivity index (χ4n) is 2.94. The summed E-state index contributed by atoms with van der Waals surface area (Å²) in [5.41, 5.74) is 0. The molecule has 0 amide bonds. The van der Waals surface area contributed by atoms with Gasteiger partial charge in [-0.25, -0.2) is 0 Å². The molecule has 4 heteroatoms. The zero-order valence-electron chi connectivity index (χ0n) is 16.5. The summed E-state index contributed by atoms with van der Waals surface area (Å²) in [4.78, 5) is 12.8. The van der Waals surface area contributed by atoms with Gasteiger partial charge in [-0.2, -0.15) is 0 Å². The predicted molar refractivity (Wildman–Crippen MR) is 104 cm³/mol. The van der Waals surface area contributed by atoms with Gasteiger partial charge in [-0.1, -0.05) is 90.4 Å². The minimum absolute atomic E-state index is 0. The van der Waals surface area contributed by atoms with E-state index >= 15 is 0 Å². The number of carbonyl (C=O) groups is 1. The molecule has 1 unspecified atom stereocenters. The standard InChI is InChI=1S/C20H41NO2.H2O/c1-4-5-6-7-8-9-10-11-12-13-14-15-16-17-18-21(3)19(2)20(22)23;/h19H,4-18H2,1-3H3,(H,22,23);1H2. The van der Waals surface area contributed by atoms with Crippen LogP contribution in [0.15, 0.2) is 0 Å². The molecule has 0 aliphatic heterocycles. The van der Waals surface area contributed by atoms with Crippen molar-refractivity contribution in [3.63, 3.8) is 0 Å². The van der Waals surface area contributed by atoms with Crippen molar-refractivity contribution in [3.05, 3.63) is 0 Å². The summed E-state index contributed by atoms with van der Waals surface area (Å²) in [6.07, 6.45) is 19.1. The number of hydrogen-bond donors (Lipinski definition) is 1. The maximum Gasteiger partial charge on any atom is 0.320 e. The number of hydrogen-bond acceptors (Lipinski definition) is 2. The molecule has 3 N–H and O–H groups in total. The Kier molecular flexibility index (Phi) is 20.0. The summed E-state index contributed by atoms with van der Waals surface area (Å²) >= 11 is 0. The van der Waals surface area contributed by atoms with Crippen molar-refractivity contribution in [2.75, 3.05) is 13.6 Å². The Hall–Kier alpha value is -0.610. The number of likely N-dealkylation sites (N-methyl/N-ethyl adjacent to an activating group) is 1. The zero-order valence-corrected chi connectivity index (χ0v) is 16.5. The molecule has 0 rings (SSSR count). The molecule has 0 fully saturated rings. The summed E-state index contributed by atoms with van der Waals surface area (Å²) in [6.45, 7) is 4.92. The Balaban J connectivity index is 0. The summed E-state index contributed by atoms with van der Waals surface area (Å²) in [6, 6.07) is -0.364. The number of nitrogens with zero attached hydrogens (tertiary/aromatic N) is 1. The van der Waals surface area contributed by atoms with Gasteiger partial charge in [-0.15, -0.1) is 0 Å². The number of carboxylic acids is 1. The van der Waals surface area contributed by atoms with Crippen molar-refractivity contribution in [3.8, 4) is 0 Å². The zero-order chi connectivity index (χ0) is 17.3. The van der Waals surface area contributed by atoms with Crippen LogP contribution in [0.2, 0.25) is 0 Å². The van der Waals surface area contributed by atoms with Crippen molar-refractivity contribution in [2.24, 2.45) is 0 Å². The molecular weight excluding hydrogens is 302 g/mol. The van der Waals surface area contributed by atoms with Gasteiger partial charge >= 0.3 is 5.97 Å². The highest BCUT2D eigenvalue weighted by atomic mass is 16.4. The van der Waals surface area contributed by atoms with Gasteiger partial charge in [0.2, 0.25) is 0 Å². The van der Waals surface area contributed by atoms with Crippen LogP contribution in [0.4, 0.5) is 0 Å². The molecule has 1 atom stereocenters. The van der Waals surface area contributed by atoms with Crippen molar-refractivity contribution in [1.82, 2.24) is 4.90 Å². The first kappa shape index (κ1) is 25.6. The van der Waals surface area contributed by atoms with Gasteiger partial charge < -0.3 is 10.6 Å². The van der Waals surface area contributed by atoms with E-state index < -0.39 is 5.97 Å². The number of carboxylic acid groups (broad SMARTS) is 1. The van der Waals surface area contributed by atoms with Crippen LogP contribution in [-0.4, -0.2) is 41.1 Å². The third kappa shape index (κ3) is 16.3. The second-order valence-corrected chi connectivity index (χ2v) is 7.09. The number of rotatable bonds is 17. The second-order valence-electron chi connectivity index (χ2n) is 7.09. The Bertz CT molecular complexity index is 272. The van der Waals surface area contributed by atoms with Crippen molar-refractivity contribution < 1.29 is 15.4 Å². The second kappa shape index (κ2) is 18.7. The highest BCUT2D eigenvalue weighted by molar-refractivity contribution is 5.72. The predicted octanol–water partition coefficient (Wildman–Crippen LogP) is 5.05. The molecule has 0 radical (unpaired) electrons. The Labute approximate surface area is 150 Å². The van der Waals surface area contributed by atoms with Crippen LogP contribution in [0.25, 0.3) is 0 Å². The van der Waals surface area contributed by atoms with Crippen molar-refractivity contribution in [2.45, 2.75) is 110 Å². The van der Waals surface area contributed by atoms with Crippen LogP contribution >= 0.6 is 0 Å². The van der Waals surface area contributed by atoms with Crippen LogP contribution in [0.3, 0.4) is 0 Å². The average Bonchev–Trinajstić information content (AvgIpc) is 2.54. The van der Waals surface area contributed by atoms with Crippen LogP contribution < -0.4 is 0 Å². The van der Waals surface area contributed by atoms with Gasteiger partial charge in [-0.3, -0.25) is 9.69 Å². The van der Waals surface area contributed by atoms with E-state index in [1.54, 1.807) is 6.92 Å². The lowest BCUT2D eigenvalue weighted by Crippen LogP contribution is -2.36. The van der Waals surface area contributed by atoms with Crippen LogP contribution in [0, 0.1) is 0 Å². The lowest BCUT2D eigenvalue weighted by molar-refractivity contribution is -0.142. The third-order valence-corrected chi connectivity index (χ3v) is 4.88. The maximum absolute atomic E-state index is 10.8.